The number of rotatable bonds is 5. The Hall–Kier alpha value is -2.20. The van der Waals surface area contributed by atoms with Gasteiger partial charge in [-0.25, -0.2) is 4.79 Å². The molecule has 1 aromatic rings. The molecule has 0 aromatic carbocycles. The Bertz CT molecular complexity index is 787. The summed E-state index contributed by atoms with van der Waals surface area (Å²) in [5.74, 6) is -1.86. The van der Waals surface area contributed by atoms with Crippen LogP contribution in [0.3, 0.4) is 0 Å². The minimum atomic E-state index is -5.08. The summed E-state index contributed by atoms with van der Waals surface area (Å²) in [5, 5.41) is 7.12. The van der Waals surface area contributed by atoms with Crippen molar-refractivity contribution in [2.45, 2.75) is 56.7 Å². The van der Waals surface area contributed by atoms with Crippen LogP contribution < -0.4 is 0 Å². The van der Waals surface area contributed by atoms with Crippen molar-refractivity contribution in [3.63, 3.8) is 0 Å². The van der Waals surface area contributed by atoms with E-state index in [1.54, 1.807) is 6.20 Å². The van der Waals surface area contributed by atoms with E-state index in [-0.39, 0.29) is 11.5 Å². The van der Waals surface area contributed by atoms with E-state index in [9.17, 15) is 18.0 Å². The number of amides is 1. The highest BCUT2D eigenvalue weighted by Crippen LogP contribution is 2.38. The predicted molar refractivity (Wildman–Crippen MR) is 115 cm³/mol. The smallest absolute Gasteiger partial charge is 0.475 e. The molecule has 1 N–H and O–H groups in total. The van der Waals surface area contributed by atoms with Gasteiger partial charge in [0.1, 0.15) is 0 Å². The molecule has 0 aliphatic carbocycles. The number of aryl methyl sites for hydroxylation is 1. The molecule has 3 aliphatic heterocycles. The number of likely N-dealkylation sites (tertiary alicyclic amines) is 2. The lowest BCUT2D eigenvalue weighted by Gasteiger charge is -2.40. The second-order valence-electron chi connectivity index (χ2n) is 9.15. The summed E-state index contributed by atoms with van der Waals surface area (Å²) < 4.78 is 38.1. The molecule has 33 heavy (non-hydrogen) atoms. The molecule has 7 nitrogen and oxygen atoms in total. The van der Waals surface area contributed by atoms with Gasteiger partial charge in [0.15, 0.2) is 0 Å². The number of ether oxygens (including phenoxy) is 1. The molecule has 3 saturated heterocycles. The van der Waals surface area contributed by atoms with Gasteiger partial charge in [-0.3, -0.25) is 9.78 Å². The molecular formula is C23H32F3N3O4. The van der Waals surface area contributed by atoms with Gasteiger partial charge in [-0.2, -0.15) is 13.2 Å². The number of piperidine rings is 1. The van der Waals surface area contributed by atoms with E-state index in [2.05, 4.69) is 14.8 Å². The van der Waals surface area contributed by atoms with Gasteiger partial charge in [-0.05, 0) is 69.2 Å². The van der Waals surface area contributed by atoms with Crippen LogP contribution in [0.1, 0.15) is 44.1 Å². The second-order valence-corrected chi connectivity index (χ2v) is 9.15. The highest BCUT2D eigenvalue weighted by atomic mass is 19.4. The summed E-state index contributed by atoms with van der Waals surface area (Å²) in [5.41, 5.74) is 1.06. The molecule has 1 amide bonds. The standard InChI is InChI=1S/C21H31N3O2.C2HF3O2/c25-20(7-6-18-5-3-9-22-14-18)24-12-4-8-21(17-24)13-19(16-26-21)15-23-10-1-2-11-23;3-2(4,5)1(6)7/h3,5,9,14,19H,1-2,4,6-8,10-13,15-17H2;(H,6,7). The molecule has 184 valence electrons. The fourth-order valence-electron chi connectivity index (χ4n) is 4.94. The number of alkyl halides is 3. The number of carbonyl (C=O) groups is 2. The first-order chi connectivity index (χ1) is 15.7. The number of aliphatic carboxylic acids is 1. The third-order valence-electron chi connectivity index (χ3n) is 6.49. The second kappa shape index (κ2) is 11.3. The minimum absolute atomic E-state index is 0.0768. The van der Waals surface area contributed by atoms with E-state index in [1.807, 2.05) is 18.3 Å². The molecule has 1 spiro atoms. The van der Waals surface area contributed by atoms with Crippen molar-refractivity contribution < 1.29 is 32.6 Å². The van der Waals surface area contributed by atoms with Crippen molar-refractivity contribution in [1.82, 2.24) is 14.8 Å². The number of carboxylic acids is 1. The quantitative estimate of drug-likeness (QED) is 0.711. The van der Waals surface area contributed by atoms with E-state index in [0.29, 0.717) is 12.3 Å². The Morgan fingerprint density at radius 1 is 1.21 bits per heavy atom. The van der Waals surface area contributed by atoms with Gasteiger partial charge >= 0.3 is 12.1 Å². The van der Waals surface area contributed by atoms with Gasteiger partial charge in [-0.1, -0.05) is 6.07 Å². The molecule has 0 bridgehead atoms. The lowest BCUT2D eigenvalue weighted by atomic mass is 9.86. The summed E-state index contributed by atoms with van der Waals surface area (Å²) >= 11 is 0. The maximum atomic E-state index is 12.7. The number of carbonyl (C=O) groups excluding carboxylic acids is 1. The average Bonchev–Trinajstić information content (AvgIpc) is 3.43. The van der Waals surface area contributed by atoms with Crippen LogP contribution >= 0.6 is 0 Å². The van der Waals surface area contributed by atoms with Gasteiger partial charge in [0, 0.05) is 38.4 Å². The van der Waals surface area contributed by atoms with Crippen LogP contribution in [-0.4, -0.2) is 82.9 Å². The highest BCUT2D eigenvalue weighted by Gasteiger charge is 2.44. The predicted octanol–water partition coefficient (Wildman–Crippen LogP) is 3.14. The molecule has 2 atom stereocenters. The zero-order chi connectivity index (χ0) is 23.9. The minimum Gasteiger partial charge on any atom is -0.475 e. The first kappa shape index (κ1) is 25.4. The van der Waals surface area contributed by atoms with E-state index >= 15 is 0 Å². The van der Waals surface area contributed by atoms with Crippen LogP contribution in [-0.2, 0) is 20.7 Å². The zero-order valence-corrected chi connectivity index (χ0v) is 18.7. The van der Waals surface area contributed by atoms with Crippen LogP contribution in [0, 0.1) is 5.92 Å². The van der Waals surface area contributed by atoms with Crippen LogP contribution in [0.2, 0.25) is 0 Å². The number of nitrogens with zero attached hydrogens (tertiary/aromatic N) is 3. The fourth-order valence-corrected chi connectivity index (χ4v) is 4.94. The van der Waals surface area contributed by atoms with Crippen molar-refractivity contribution in [3.8, 4) is 0 Å². The van der Waals surface area contributed by atoms with Gasteiger partial charge in [0.05, 0.1) is 12.2 Å². The van der Waals surface area contributed by atoms with Gasteiger partial charge < -0.3 is 19.6 Å². The van der Waals surface area contributed by atoms with Crippen molar-refractivity contribution in [2.24, 2.45) is 5.92 Å². The molecule has 2 unspecified atom stereocenters. The Kier molecular flexibility index (Phi) is 8.69. The summed E-state index contributed by atoms with van der Waals surface area (Å²) in [4.78, 5) is 30.4. The number of carboxylic acid groups (broad SMARTS) is 1. The highest BCUT2D eigenvalue weighted by molar-refractivity contribution is 5.76. The maximum Gasteiger partial charge on any atom is 0.490 e. The molecule has 0 radical (unpaired) electrons. The number of aromatic nitrogens is 1. The molecular weight excluding hydrogens is 439 g/mol. The Labute approximate surface area is 191 Å². The monoisotopic (exact) mass is 471 g/mol. The maximum absolute atomic E-state index is 12.7. The number of pyridine rings is 1. The Morgan fingerprint density at radius 2 is 1.94 bits per heavy atom. The van der Waals surface area contributed by atoms with Gasteiger partial charge in [0.25, 0.3) is 0 Å². The van der Waals surface area contributed by atoms with Gasteiger partial charge in [-0.15, -0.1) is 0 Å². The largest absolute Gasteiger partial charge is 0.490 e. The third kappa shape index (κ3) is 7.67. The van der Waals surface area contributed by atoms with E-state index < -0.39 is 12.1 Å². The van der Waals surface area contributed by atoms with Crippen LogP contribution in [0.4, 0.5) is 13.2 Å². The SMILES string of the molecule is O=C(CCc1cccnc1)N1CCCC2(CC(CN3CCCC3)CO2)C1.O=C(O)C(F)(F)F. The molecule has 3 fully saturated rings. The van der Waals surface area contributed by atoms with Gasteiger partial charge in [0.2, 0.25) is 5.91 Å². The molecule has 4 heterocycles. The van der Waals surface area contributed by atoms with E-state index in [1.165, 1.54) is 32.5 Å². The van der Waals surface area contributed by atoms with E-state index in [0.717, 1.165) is 50.9 Å². The van der Waals surface area contributed by atoms with Crippen LogP contribution in [0.5, 0.6) is 0 Å². The first-order valence-corrected chi connectivity index (χ1v) is 11.5. The summed E-state index contributed by atoms with van der Waals surface area (Å²) in [7, 11) is 0. The topological polar surface area (TPSA) is 83.0 Å². The Morgan fingerprint density at radius 3 is 2.58 bits per heavy atom. The zero-order valence-electron chi connectivity index (χ0n) is 18.7. The van der Waals surface area contributed by atoms with Crippen molar-refractivity contribution >= 4 is 11.9 Å². The number of halogens is 3. The normalized spacial score (nSPS) is 25.7. The molecule has 0 saturated carbocycles. The van der Waals surface area contributed by atoms with E-state index in [4.69, 9.17) is 14.6 Å². The number of hydrogen-bond donors (Lipinski definition) is 1. The van der Waals surface area contributed by atoms with Crippen LogP contribution in [0.15, 0.2) is 24.5 Å². The molecule has 10 heteroatoms. The van der Waals surface area contributed by atoms with Crippen molar-refractivity contribution in [2.75, 3.05) is 39.3 Å². The fraction of sp³-hybridized carbons (Fsp3) is 0.696. The third-order valence-corrected chi connectivity index (χ3v) is 6.49. The number of hydrogen-bond acceptors (Lipinski definition) is 5. The average molecular weight is 472 g/mol. The van der Waals surface area contributed by atoms with Crippen molar-refractivity contribution in [1.29, 1.82) is 0 Å². The van der Waals surface area contributed by atoms with Crippen molar-refractivity contribution in [3.05, 3.63) is 30.1 Å². The molecule has 4 rings (SSSR count). The summed E-state index contributed by atoms with van der Waals surface area (Å²) in [6, 6.07) is 3.98. The first-order valence-electron chi connectivity index (χ1n) is 11.5. The van der Waals surface area contributed by atoms with Crippen LogP contribution in [0.25, 0.3) is 0 Å². The molecule has 1 aromatic heterocycles. The summed E-state index contributed by atoms with van der Waals surface area (Å²) in [6.07, 6.45) is 5.87. The lowest BCUT2D eigenvalue weighted by molar-refractivity contribution is -0.192. The molecule has 3 aliphatic rings. The summed E-state index contributed by atoms with van der Waals surface area (Å²) in [6.45, 7) is 6.22. The lowest BCUT2D eigenvalue weighted by Crippen LogP contribution is -2.50. The Balaban J connectivity index is 0.000000383.